The monoisotopic (exact) mass is 332 g/mol. The highest BCUT2D eigenvalue weighted by Gasteiger charge is 2.13. The van der Waals surface area contributed by atoms with Gasteiger partial charge in [-0.2, -0.15) is 0 Å². The molecule has 0 spiro atoms. The van der Waals surface area contributed by atoms with Crippen molar-refractivity contribution >= 4 is 31.9 Å². The standard InChI is InChI=1S/C13H18Br2/c1-3-4-13(15)10(2)9-11-5-7-12(14)8-6-11/h5-8,10,13H,3-4,9H2,1-2H3. The van der Waals surface area contributed by atoms with Crippen molar-refractivity contribution in [3.05, 3.63) is 34.3 Å². The van der Waals surface area contributed by atoms with E-state index in [0.29, 0.717) is 10.7 Å². The molecule has 0 aliphatic heterocycles. The molecule has 0 aliphatic carbocycles. The molecule has 84 valence electrons. The Kier molecular flexibility index (Phi) is 5.91. The van der Waals surface area contributed by atoms with Crippen molar-refractivity contribution in [3.63, 3.8) is 0 Å². The fraction of sp³-hybridized carbons (Fsp3) is 0.538. The molecule has 0 saturated carbocycles. The second-order valence-electron chi connectivity index (χ2n) is 4.11. The van der Waals surface area contributed by atoms with Crippen molar-refractivity contribution in [2.45, 2.75) is 37.9 Å². The first-order chi connectivity index (χ1) is 7.13. The number of benzene rings is 1. The van der Waals surface area contributed by atoms with Gasteiger partial charge in [-0.1, -0.05) is 64.3 Å². The molecule has 1 aromatic rings. The maximum Gasteiger partial charge on any atom is 0.0175 e. The zero-order chi connectivity index (χ0) is 11.3. The summed E-state index contributed by atoms with van der Waals surface area (Å²) in [6.07, 6.45) is 3.67. The summed E-state index contributed by atoms with van der Waals surface area (Å²) in [6, 6.07) is 8.63. The lowest BCUT2D eigenvalue weighted by atomic mass is 9.96. The van der Waals surface area contributed by atoms with Crippen molar-refractivity contribution < 1.29 is 0 Å². The molecule has 0 nitrogen and oxygen atoms in total. The van der Waals surface area contributed by atoms with Gasteiger partial charge in [-0.3, -0.25) is 0 Å². The highest BCUT2D eigenvalue weighted by atomic mass is 79.9. The van der Waals surface area contributed by atoms with Crippen LogP contribution in [0.25, 0.3) is 0 Å². The van der Waals surface area contributed by atoms with Gasteiger partial charge in [0.15, 0.2) is 0 Å². The molecule has 15 heavy (non-hydrogen) atoms. The number of halogens is 2. The zero-order valence-corrected chi connectivity index (χ0v) is 12.5. The number of rotatable bonds is 5. The molecule has 0 bridgehead atoms. The van der Waals surface area contributed by atoms with Gasteiger partial charge in [-0.25, -0.2) is 0 Å². The summed E-state index contributed by atoms with van der Waals surface area (Å²) in [5, 5.41) is 0. The van der Waals surface area contributed by atoms with Crippen LogP contribution in [0.3, 0.4) is 0 Å². The van der Waals surface area contributed by atoms with E-state index in [9.17, 15) is 0 Å². The van der Waals surface area contributed by atoms with Crippen LogP contribution in [0.4, 0.5) is 0 Å². The van der Waals surface area contributed by atoms with E-state index >= 15 is 0 Å². The Morgan fingerprint density at radius 2 is 1.80 bits per heavy atom. The lowest BCUT2D eigenvalue weighted by Gasteiger charge is -2.17. The van der Waals surface area contributed by atoms with Crippen molar-refractivity contribution in [2.75, 3.05) is 0 Å². The first kappa shape index (κ1) is 13.2. The molecule has 0 aliphatic rings. The van der Waals surface area contributed by atoms with E-state index in [1.165, 1.54) is 18.4 Å². The lowest BCUT2D eigenvalue weighted by molar-refractivity contribution is 0.526. The number of hydrogen-bond acceptors (Lipinski definition) is 0. The van der Waals surface area contributed by atoms with E-state index in [0.717, 1.165) is 10.9 Å². The Morgan fingerprint density at radius 3 is 2.33 bits per heavy atom. The summed E-state index contributed by atoms with van der Waals surface area (Å²) < 4.78 is 1.16. The van der Waals surface area contributed by atoms with Crippen LogP contribution in [0.2, 0.25) is 0 Å². The molecule has 1 rings (SSSR count). The van der Waals surface area contributed by atoms with Crippen LogP contribution in [0, 0.1) is 5.92 Å². The van der Waals surface area contributed by atoms with E-state index < -0.39 is 0 Å². The van der Waals surface area contributed by atoms with Crippen LogP contribution in [0.1, 0.15) is 32.3 Å². The van der Waals surface area contributed by atoms with Crippen molar-refractivity contribution in [3.8, 4) is 0 Å². The van der Waals surface area contributed by atoms with Gasteiger partial charge in [-0.05, 0) is 36.5 Å². The molecule has 0 heterocycles. The highest BCUT2D eigenvalue weighted by molar-refractivity contribution is 9.10. The van der Waals surface area contributed by atoms with E-state index in [-0.39, 0.29) is 0 Å². The fourth-order valence-electron chi connectivity index (χ4n) is 1.68. The molecule has 2 unspecified atom stereocenters. The smallest absolute Gasteiger partial charge is 0.0175 e. The second kappa shape index (κ2) is 6.70. The van der Waals surface area contributed by atoms with Gasteiger partial charge < -0.3 is 0 Å². The first-order valence-corrected chi connectivity index (χ1v) is 7.23. The Labute approximate surface area is 110 Å². The minimum absolute atomic E-state index is 0.645. The summed E-state index contributed by atoms with van der Waals surface area (Å²) in [5.41, 5.74) is 1.42. The van der Waals surface area contributed by atoms with Gasteiger partial charge in [-0.15, -0.1) is 0 Å². The van der Waals surface area contributed by atoms with Gasteiger partial charge in [0.05, 0.1) is 0 Å². The molecule has 0 saturated heterocycles. The Bertz CT molecular complexity index is 279. The van der Waals surface area contributed by atoms with Crippen LogP contribution in [-0.2, 0) is 6.42 Å². The van der Waals surface area contributed by atoms with Gasteiger partial charge in [0, 0.05) is 9.30 Å². The van der Waals surface area contributed by atoms with Crippen LogP contribution >= 0.6 is 31.9 Å². The molecule has 2 atom stereocenters. The molecular formula is C13H18Br2. The summed E-state index contributed by atoms with van der Waals surface area (Å²) in [4.78, 5) is 0.645. The number of alkyl halides is 1. The van der Waals surface area contributed by atoms with Crippen molar-refractivity contribution in [2.24, 2.45) is 5.92 Å². The lowest BCUT2D eigenvalue weighted by Crippen LogP contribution is -2.13. The minimum Gasteiger partial charge on any atom is -0.0888 e. The van der Waals surface area contributed by atoms with Crippen LogP contribution in [0.5, 0.6) is 0 Å². The molecule has 0 amide bonds. The zero-order valence-electron chi connectivity index (χ0n) is 9.34. The second-order valence-corrected chi connectivity index (χ2v) is 6.20. The van der Waals surface area contributed by atoms with Gasteiger partial charge in [0.2, 0.25) is 0 Å². The predicted octanol–water partition coefficient (Wildman–Crippen LogP) is 5.19. The molecule has 0 fully saturated rings. The van der Waals surface area contributed by atoms with Crippen LogP contribution < -0.4 is 0 Å². The van der Waals surface area contributed by atoms with E-state index in [4.69, 9.17) is 0 Å². The van der Waals surface area contributed by atoms with Gasteiger partial charge >= 0.3 is 0 Å². The van der Waals surface area contributed by atoms with E-state index in [2.05, 4.69) is 70.0 Å². The Morgan fingerprint density at radius 1 is 1.20 bits per heavy atom. The maximum absolute atomic E-state index is 3.77. The van der Waals surface area contributed by atoms with Crippen LogP contribution in [-0.4, -0.2) is 4.83 Å². The molecular weight excluding hydrogens is 316 g/mol. The molecule has 0 aromatic heterocycles. The Balaban J connectivity index is 2.50. The highest BCUT2D eigenvalue weighted by Crippen LogP contribution is 2.22. The topological polar surface area (TPSA) is 0 Å². The predicted molar refractivity (Wildman–Crippen MR) is 74.6 cm³/mol. The maximum atomic E-state index is 3.77. The molecule has 1 aromatic carbocycles. The largest absolute Gasteiger partial charge is 0.0888 e. The molecule has 0 N–H and O–H groups in total. The summed E-state index contributed by atoms with van der Waals surface area (Å²) >= 11 is 7.22. The van der Waals surface area contributed by atoms with Crippen LogP contribution in [0.15, 0.2) is 28.7 Å². The summed E-state index contributed by atoms with van der Waals surface area (Å²) in [7, 11) is 0. The average Bonchev–Trinajstić information content (AvgIpc) is 2.22. The summed E-state index contributed by atoms with van der Waals surface area (Å²) in [5.74, 6) is 0.700. The van der Waals surface area contributed by atoms with Gasteiger partial charge in [0.1, 0.15) is 0 Å². The average molecular weight is 334 g/mol. The summed E-state index contributed by atoms with van der Waals surface area (Å²) in [6.45, 7) is 4.55. The third kappa shape index (κ3) is 4.69. The van der Waals surface area contributed by atoms with E-state index in [1.807, 2.05) is 0 Å². The normalized spacial score (nSPS) is 14.9. The van der Waals surface area contributed by atoms with Crippen molar-refractivity contribution in [1.29, 1.82) is 0 Å². The third-order valence-corrected chi connectivity index (χ3v) is 4.54. The first-order valence-electron chi connectivity index (χ1n) is 5.52. The Hall–Kier alpha value is 0.180. The van der Waals surface area contributed by atoms with Crippen molar-refractivity contribution in [1.82, 2.24) is 0 Å². The molecule has 2 heteroatoms. The quantitative estimate of drug-likeness (QED) is 0.650. The fourth-order valence-corrected chi connectivity index (χ4v) is 2.59. The third-order valence-electron chi connectivity index (χ3n) is 2.65. The van der Waals surface area contributed by atoms with Gasteiger partial charge in [0.25, 0.3) is 0 Å². The SMILES string of the molecule is CCCC(Br)C(C)Cc1ccc(Br)cc1. The molecule has 0 radical (unpaired) electrons. The van der Waals surface area contributed by atoms with E-state index in [1.54, 1.807) is 0 Å². The minimum atomic E-state index is 0.645. The number of hydrogen-bond donors (Lipinski definition) is 0.